The first kappa shape index (κ1) is 22.1. The van der Waals surface area contributed by atoms with Crippen LogP contribution in [0, 0.1) is 5.82 Å². The van der Waals surface area contributed by atoms with Crippen molar-refractivity contribution in [2.75, 3.05) is 38.2 Å². The number of amides is 2. The molecule has 0 saturated carbocycles. The van der Waals surface area contributed by atoms with Gasteiger partial charge in [-0.2, -0.15) is 0 Å². The summed E-state index contributed by atoms with van der Waals surface area (Å²) in [4.78, 5) is 28.0. The third-order valence-electron chi connectivity index (χ3n) is 5.32. The Morgan fingerprint density at radius 1 is 1.03 bits per heavy atom. The molecule has 0 aliphatic carbocycles. The van der Waals surface area contributed by atoms with Crippen molar-refractivity contribution in [3.63, 3.8) is 0 Å². The molecule has 166 valence electrons. The maximum absolute atomic E-state index is 13.4. The minimum absolute atomic E-state index is 0.0924. The number of anilines is 1. The van der Waals surface area contributed by atoms with E-state index in [0.29, 0.717) is 35.9 Å². The monoisotopic (exact) mass is 453 g/mol. The number of carbonyl (C=O) groups is 2. The number of hydrogen-bond donors (Lipinski definition) is 2. The Balaban J connectivity index is 1.43. The second-order valence-corrected chi connectivity index (χ2v) is 8.39. The second-order valence-electron chi connectivity index (χ2n) is 7.44. The molecule has 0 bridgehead atoms. The molecule has 0 unspecified atom stereocenters. The predicted octanol–water partition coefficient (Wildman–Crippen LogP) is 3.94. The number of thiophene rings is 1. The molecule has 1 aliphatic rings. The maximum Gasteiger partial charge on any atom is 0.265 e. The SMILES string of the molecule is O=C(NC[C@@H](c1ccc(F)cc1)N1CCOCC1)c1cccc(NC(=O)c2cccs2)c1. The zero-order valence-corrected chi connectivity index (χ0v) is 18.2. The third-order valence-corrected chi connectivity index (χ3v) is 6.19. The van der Waals surface area contributed by atoms with Gasteiger partial charge < -0.3 is 15.4 Å². The van der Waals surface area contributed by atoms with Gasteiger partial charge in [0.05, 0.1) is 24.1 Å². The van der Waals surface area contributed by atoms with Crippen LogP contribution < -0.4 is 10.6 Å². The molecule has 1 aliphatic heterocycles. The fourth-order valence-corrected chi connectivity index (χ4v) is 4.28. The number of carbonyl (C=O) groups excluding carboxylic acids is 2. The lowest BCUT2D eigenvalue weighted by Crippen LogP contribution is -2.43. The van der Waals surface area contributed by atoms with Crippen LogP contribution in [-0.4, -0.2) is 49.6 Å². The molecular weight excluding hydrogens is 429 g/mol. The van der Waals surface area contributed by atoms with Crippen molar-refractivity contribution in [2.45, 2.75) is 6.04 Å². The predicted molar refractivity (Wildman–Crippen MR) is 123 cm³/mol. The molecular formula is C24H24FN3O3S. The highest BCUT2D eigenvalue weighted by Gasteiger charge is 2.23. The first-order valence-corrected chi connectivity index (χ1v) is 11.3. The van der Waals surface area contributed by atoms with Gasteiger partial charge in [-0.15, -0.1) is 11.3 Å². The smallest absolute Gasteiger partial charge is 0.265 e. The standard InChI is InChI=1S/C24H24FN3O3S/c25-19-8-6-17(7-9-19)21(28-10-12-31-13-11-28)16-26-23(29)18-3-1-4-20(15-18)27-24(30)22-5-2-14-32-22/h1-9,14-15,21H,10-13,16H2,(H,26,29)(H,27,30)/t21-/m0/s1. The van der Waals surface area contributed by atoms with Crippen molar-refractivity contribution >= 4 is 28.8 Å². The zero-order valence-electron chi connectivity index (χ0n) is 17.4. The fraction of sp³-hybridized carbons (Fsp3) is 0.250. The summed E-state index contributed by atoms with van der Waals surface area (Å²) in [6, 6.07) is 16.7. The summed E-state index contributed by atoms with van der Waals surface area (Å²) >= 11 is 1.36. The zero-order chi connectivity index (χ0) is 22.3. The van der Waals surface area contributed by atoms with E-state index in [9.17, 15) is 14.0 Å². The number of benzene rings is 2. The molecule has 2 N–H and O–H groups in total. The molecule has 2 aromatic carbocycles. The van der Waals surface area contributed by atoms with Gasteiger partial charge in [0.15, 0.2) is 0 Å². The van der Waals surface area contributed by atoms with Gasteiger partial charge in [0.2, 0.25) is 0 Å². The number of ether oxygens (including phenoxy) is 1. The summed E-state index contributed by atoms with van der Waals surface area (Å²) in [7, 11) is 0. The topological polar surface area (TPSA) is 70.7 Å². The summed E-state index contributed by atoms with van der Waals surface area (Å²) < 4.78 is 18.9. The van der Waals surface area contributed by atoms with Gasteiger partial charge in [0, 0.05) is 30.9 Å². The van der Waals surface area contributed by atoms with Crippen LogP contribution >= 0.6 is 11.3 Å². The van der Waals surface area contributed by atoms with Crippen molar-refractivity contribution in [2.24, 2.45) is 0 Å². The largest absolute Gasteiger partial charge is 0.379 e. The lowest BCUT2D eigenvalue weighted by molar-refractivity contribution is 0.0162. The Hall–Kier alpha value is -3.07. The van der Waals surface area contributed by atoms with E-state index in [-0.39, 0.29) is 23.7 Å². The van der Waals surface area contributed by atoms with Crippen LogP contribution in [0.2, 0.25) is 0 Å². The minimum Gasteiger partial charge on any atom is -0.379 e. The first-order chi connectivity index (χ1) is 15.6. The Bertz CT molecular complexity index is 1050. The Labute approximate surface area is 190 Å². The van der Waals surface area contributed by atoms with Crippen molar-refractivity contribution in [1.29, 1.82) is 0 Å². The molecule has 1 saturated heterocycles. The van der Waals surface area contributed by atoms with E-state index in [1.165, 1.54) is 23.5 Å². The van der Waals surface area contributed by atoms with Gasteiger partial charge >= 0.3 is 0 Å². The Morgan fingerprint density at radius 3 is 2.53 bits per heavy atom. The lowest BCUT2D eigenvalue weighted by atomic mass is 10.0. The first-order valence-electron chi connectivity index (χ1n) is 10.4. The van der Waals surface area contributed by atoms with Crippen LogP contribution in [-0.2, 0) is 4.74 Å². The number of nitrogens with zero attached hydrogens (tertiary/aromatic N) is 1. The van der Waals surface area contributed by atoms with E-state index < -0.39 is 0 Å². The van der Waals surface area contributed by atoms with Gasteiger partial charge in [-0.25, -0.2) is 4.39 Å². The highest BCUT2D eigenvalue weighted by atomic mass is 32.1. The van der Waals surface area contributed by atoms with Gasteiger partial charge in [0.1, 0.15) is 5.82 Å². The van der Waals surface area contributed by atoms with Crippen LogP contribution in [0.25, 0.3) is 0 Å². The van der Waals surface area contributed by atoms with Crippen LogP contribution in [0.3, 0.4) is 0 Å². The van der Waals surface area contributed by atoms with Gasteiger partial charge in [-0.3, -0.25) is 14.5 Å². The normalized spacial score (nSPS) is 15.2. The molecule has 0 radical (unpaired) electrons. The van der Waals surface area contributed by atoms with E-state index in [2.05, 4.69) is 15.5 Å². The molecule has 2 amide bonds. The fourth-order valence-electron chi connectivity index (χ4n) is 3.66. The molecule has 1 fully saturated rings. The highest BCUT2D eigenvalue weighted by molar-refractivity contribution is 7.12. The lowest BCUT2D eigenvalue weighted by Gasteiger charge is -2.35. The summed E-state index contributed by atoms with van der Waals surface area (Å²) in [5.74, 6) is -0.737. The number of nitrogens with one attached hydrogen (secondary N) is 2. The van der Waals surface area contributed by atoms with Crippen LogP contribution in [0.5, 0.6) is 0 Å². The van der Waals surface area contributed by atoms with Crippen molar-refractivity contribution in [3.8, 4) is 0 Å². The molecule has 0 spiro atoms. The molecule has 3 aromatic rings. The number of halogens is 1. The Kier molecular flexibility index (Phi) is 7.26. The molecule has 4 rings (SSSR count). The van der Waals surface area contributed by atoms with E-state index in [0.717, 1.165) is 18.7 Å². The molecule has 32 heavy (non-hydrogen) atoms. The average molecular weight is 454 g/mol. The van der Waals surface area contributed by atoms with Crippen molar-refractivity contribution < 1.29 is 18.7 Å². The second kappa shape index (κ2) is 10.5. The summed E-state index contributed by atoms with van der Waals surface area (Å²) in [5, 5.41) is 7.65. The van der Waals surface area contributed by atoms with Crippen molar-refractivity contribution in [3.05, 3.63) is 87.9 Å². The quantitative estimate of drug-likeness (QED) is 0.569. The average Bonchev–Trinajstić information content (AvgIpc) is 3.36. The minimum atomic E-state index is -0.292. The van der Waals surface area contributed by atoms with Crippen LogP contribution in [0.15, 0.2) is 66.0 Å². The van der Waals surface area contributed by atoms with Gasteiger partial charge in [-0.1, -0.05) is 24.3 Å². The molecule has 6 nitrogen and oxygen atoms in total. The molecule has 1 aromatic heterocycles. The van der Waals surface area contributed by atoms with Gasteiger partial charge in [-0.05, 0) is 47.3 Å². The number of hydrogen-bond acceptors (Lipinski definition) is 5. The maximum atomic E-state index is 13.4. The van der Waals surface area contributed by atoms with E-state index in [1.54, 1.807) is 42.5 Å². The van der Waals surface area contributed by atoms with Crippen molar-refractivity contribution in [1.82, 2.24) is 10.2 Å². The third kappa shape index (κ3) is 5.59. The van der Waals surface area contributed by atoms with E-state index >= 15 is 0 Å². The Morgan fingerprint density at radius 2 is 1.81 bits per heavy atom. The molecule has 1 atom stereocenters. The van der Waals surface area contributed by atoms with Crippen LogP contribution in [0.4, 0.5) is 10.1 Å². The van der Waals surface area contributed by atoms with E-state index in [4.69, 9.17) is 4.74 Å². The number of morpholine rings is 1. The van der Waals surface area contributed by atoms with E-state index in [1.807, 2.05) is 11.4 Å². The summed E-state index contributed by atoms with van der Waals surface area (Å²) in [5.41, 5.74) is 1.94. The van der Waals surface area contributed by atoms with Gasteiger partial charge in [0.25, 0.3) is 11.8 Å². The number of rotatable bonds is 7. The summed E-state index contributed by atoms with van der Waals surface area (Å²) in [6.45, 7) is 3.09. The molecule has 8 heteroatoms. The summed E-state index contributed by atoms with van der Waals surface area (Å²) in [6.07, 6.45) is 0. The highest BCUT2D eigenvalue weighted by Crippen LogP contribution is 2.22. The molecule has 2 heterocycles. The van der Waals surface area contributed by atoms with Crippen LogP contribution in [0.1, 0.15) is 31.6 Å².